The second-order valence-corrected chi connectivity index (χ2v) is 3.42. The summed E-state index contributed by atoms with van der Waals surface area (Å²) in [5, 5.41) is 0. The molecule has 0 spiro atoms. The van der Waals surface area contributed by atoms with Gasteiger partial charge in [-0.3, -0.25) is 0 Å². The predicted molar refractivity (Wildman–Crippen MR) is 61.7 cm³/mol. The fraction of sp³-hybridized carbons (Fsp3) is 0.750. The van der Waals surface area contributed by atoms with Crippen molar-refractivity contribution in [1.29, 1.82) is 0 Å². The summed E-state index contributed by atoms with van der Waals surface area (Å²) in [5.74, 6) is 0. The topological polar surface area (TPSA) is 46.5 Å². The van der Waals surface area contributed by atoms with Crippen molar-refractivity contribution in [3.63, 3.8) is 0 Å². The fourth-order valence-electron chi connectivity index (χ4n) is 0.332. The Bertz CT molecular complexity index is 193. The van der Waals surface area contributed by atoms with Crippen molar-refractivity contribution in [2.45, 2.75) is 13.8 Å². The van der Waals surface area contributed by atoms with Gasteiger partial charge in [-0.1, -0.05) is 0 Å². The van der Waals surface area contributed by atoms with E-state index < -0.39 is 10.0 Å². The molecular weight excluding hydrogens is 380 g/mol. The van der Waals surface area contributed by atoms with Crippen LogP contribution in [0.1, 0.15) is 13.8 Å². The zero-order valence-corrected chi connectivity index (χ0v) is 11.1. The van der Waals surface area contributed by atoms with Crippen LogP contribution < -0.4 is 0 Å². The van der Waals surface area contributed by atoms with Gasteiger partial charge in [-0.15, -0.1) is 0 Å². The molecule has 6 heteroatoms. The molecule has 0 bridgehead atoms. The average molecular weight is 389 g/mol. The van der Waals surface area contributed by atoms with Crippen LogP contribution in [-0.2, 0) is 10.0 Å². The van der Waals surface area contributed by atoms with E-state index in [4.69, 9.17) is 0 Å². The van der Waals surface area contributed by atoms with Crippen molar-refractivity contribution in [3.05, 3.63) is 0 Å². The van der Waals surface area contributed by atoms with Crippen molar-refractivity contribution < 1.29 is 8.42 Å². The zero-order chi connectivity index (χ0) is 8.78. The third kappa shape index (κ3) is 16.0. The molecule has 0 aromatic rings. The van der Waals surface area contributed by atoms with Crippen molar-refractivity contribution in [3.8, 4) is 0 Å². The molecule has 62 valence electrons. The summed E-state index contributed by atoms with van der Waals surface area (Å²) >= 11 is 4.24. The van der Waals surface area contributed by atoms with Crippen molar-refractivity contribution in [2.75, 3.05) is 6.26 Å². The lowest BCUT2D eigenvalue weighted by Gasteiger charge is -1.85. The van der Waals surface area contributed by atoms with Gasteiger partial charge in [-0.05, 0) is 13.8 Å². The third-order valence-electron chi connectivity index (χ3n) is 0.348. The van der Waals surface area contributed by atoms with Gasteiger partial charge in [0.1, 0.15) is 0 Å². The van der Waals surface area contributed by atoms with Crippen LogP contribution in [0.3, 0.4) is 0 Å². The first-order valence-electron chi connectivity index (χ1n) is 2.29. The molecule has 0 saturated heterocycles. The highest BCUT2D eigenvalue weighted by atomic mass is 128. The number of nitrogens with zero attached hydrogens (tertiary/aromatic N) is 1. The Balaban J connectivity index is 0. The van der Waals surface area contributed by atoms with Gasteiger partial charge >= 0.3 is 0 Å². The first kappa shape index (κ1) is 13.7. The molecule has 0 aliphatic heterocycles. The van der Waals surface area contributed by atoms with E-state index in [0.29, 0.717) is 5.71 Å². The normalized spacial score (nSPS) is 9.30. The minimum atomic E-state index is -3.14. The fourth-order valence-corrected chi connectivity index (χ4v) is 0.995. The average Bonchev–Trinajstić information content (AvgIpc) is 1.64. The van der Waals surface area contributed by atoms with E-state index in [0.717, 1.165) is 6.26 Å². The molecule has 10 heavy (non-hydrogen) atoms. The molecule has 0 unspecified atom stereocenters. The molecule has 0 atom stereocenters. The number of rotatable bonds is 1. The summed E-state index contributed by atoms with van der Waals surface area (Å²) < 4.78 is 23.8. The summed E-state index contributed by atoms with van der Waals surface area (Å²) in [5.41, 5.74) is 0.563. The maximum absolute atomic E-state index is 10.3. The Morgan fingerprint density at radius 2 is 1.60 bits per heavy atom. The van der Waals surface area contributed by atoms with Crippen LogP contribution in [0.4, 0.5) is 0 Å². The molecule has 0 aromatic carbocycles. The largest absolute Gasteiger partial charge is 0.250 e. The molecule has 0 aliphatic rings. The summed E-state index contributed by atoms with van der Waals surface area (Å²) in [4.78, 5) is 0. The highest BCUT2D eigenvalue weighted by Gasteiger charge is 1.92. The minimum absolute atomic E-state index is 0.563. The standard InChI is InChI=1S/C4H9NO2S.I2/c1-4(2)5-8(3,6)7;1-2/h1-3H3;. The van der Waals surface area contributed by atoms with E-state index in [1.807, 2.05) is 0 Å². The highest BCUT2D eigenvalue weighted by molar-refractivity contribution is 15.0. The van der Waals surface area contributed by atoms with Gasteiger partial charge in [-0.2, -0.15) is 4.40 Å². The molecule has 0 rings (SSSR count). The van der Waals surface area contributed by atoms with Gasteiger partial charge in [-0.25, -0.2) is 8.42 Å². The number of hydrogen-bond donors (Lipinski definition) is 0. The van der Waals surface area contributed by atoms with Gasteiger partial charge < -0.3 is 0 Å². The molecule has 0 heterocycles. The van der Waals surface area contributed by atoms with Crippen LogP contribution in [-0.4, -0.2) is 20.4 Å². The first-order valence-corrected chi connectivity index (χ1v) is 10.4. The smallest absolute Gasteiger partial charge is 0.205 e. The van der Waals surface area contributed by atoms with E-state index in [1.165, 1.54) is 0 Å². The molecule has 0 aromatic heterocycles. The minimum Gasteiger partial charge on any atom is -0.205 e. The molecule has 0 fully saturated rings. The van der Waals surface area contributed by atoms with Gasteiger partial charge in [0.05, 0.1) is 6.26 Å². The van der Waals surface area contributed by atoms with E-state index in [2.05, 4.69) is 41.6 Å². The van der Waals surface area contributed by atoms with E-state index in [-0.39, 0.29) is 0 Å². The Hall–Kier alpha value is 1.08. The SMILES string of the molecule is CC(C)=NS(C)(=O)=O.II. The van der Waals surface area contributed by atoms with Crippen LogP contribution in [0, 0.1) is 0 Å². The van der Waals surface area contributed by atoms with Crippen LogP contribution in [0.2, 0.25) is 0 Å². The van der Waals surface area contributed by atoms with Gasteiger partial charge in [0.25, 0.3) is 0 Å². The van der Waals surface area contributed by atoms with Crippen LogP contribution in [0.5, 0.6) is 0 Å². The maximum Gasteiger partial charge on any atom is 0.250 e. The molecule has 0 amide bonds. The van der Waals surface area contributed by atoms with E-state index in [9.17, 15) is 8.42 Å². The summed E-state index contributed by atoms with van der Waals surface area (Å²) in [6.45, 7) is 3.28. The Kier molecular flexibility index (Phi) is 9.24. The summed E-state index contributed by atoms with van der Waals surface area (Å²) in [6.07, 6.45) is 1.07. The molecule has 0 radical (unpaired) electrons. The summed E-state index contributed by atoms with van der Waals surface area (Å²) in [6, 6.07) is 0. The van der Waals surface area contributed by atoms with Crippen molar-refractivity contribution >= 4 is 53.0 Å². The van der Waals surface area contributed by atoms with Gasteiger partial charge in [0.2, 0.25) is 10.0 Å². The Morgan fingerprint density at radius 3 is 1.60 bits per heavy atom. The van der Waals surface area contributed by atoms with Gasteiger partial charge in [0.15, 0.2) is 0 Å². The lowest BCUT2D eigenvalue weighted by atomic mass is 10.5. The van der Waals surface area contributed by atoms with Crippen molar-refractivity contribution in [2.24, 2.45) is 4.40 Å². The molecule has 3 nitrogen and oxygen atoms in total. The van der Waals surface area contributed by atoms with Crippen LogP contribution >= 0.6 is 37.2 Å². The lowest BCUT2D eigenvalue weighted by Crippen LogP contribution is -1.93. The second kappa shape index (κ2) is 6.77. The number of hydrogen-bond acceptors (Lipinski definition) is 2. The third-order valence-corrected chi connectivity index (χ3v) is 1.05. The zero-order valence-electron chi connectivity index (χ0n) is 5.93. The lowest BCUT2D eigenvalue weighted by molar-refractivity contribution is 0.603. The predicted octanol–water partition coefficient (Wildman–Crippen LogP) is 2.20. The molecule has 0 aliphatic carbocycles. The molecule has 0 N–H and O–H groups in total. The van der Waals surface area contributed by atoms with Crippen LogP contribution in [0.25, 0.3) is 0 Å². The summed E-state index contributed by atoms with van der Waals surface area (Å²) in [7, 11) is -3.14. The van der Waals surface area contributed by atoms with E-state index in [1.54, 1.807) is 13.8 Å². The number of halogens is 2. The molecular formula is C4H9I2NO2S. The van der Waals surface area contributed by atoms with Crippen LogP contribution in [0.15, 0.2) is 4.40 Å². The Morgan fingerprint density at radius 1 is 1.30 bits per heavy atom. The van der Waals surface area contributed by atoms with E-state index >= 15 is 0 Å². The molecule has 0 saturated carbocycles. The first-order chi connectivity index (χ1) is 4.42. The second-order valence-electron chi connectivity index (χ2n) is 1.77. The van der Waals surface area contributed by atoms with Gasteiger partial charge in [0, 0.05) is 42.9 Å². The Labute approximate surface area is 85.1 Å². The quantitative estimate of drug-likeness (QED) is 0.510. The highest BCUT2D eigenvalue weighted by Crippen LogP contribution is 1.89. The maximum atomic E-state index is 10.3. The van der Waals surface area contributed by atoms with Crippen molar-refractivity contribution in [1.82, 2.24) is 0 Å². The monoisotopic (exact) mass is 389 g/mol. The number of sulfonamides is 1.